The lowest BCUT2D eigenvalue weighted by Gasteiger charge is -2.15. The number of carbonyl (C=O) groups is 1. The van der Waals surface area contributed by atoms with E-state index in [1.807, 2.05) is 0 Å². The fraction of sp³-hybridized carbons (Fsp3) is 0.308. The van der Waals surface area contributed by atoms with E-state index in [0.29, 0.717) is 27.7 Å². The van der Waals surface area contributed by atoms with E-state index in [9.17, 15) is 14.0 Å². The summed E-state index contributed by atoms with van der Waals surface area (Å²) in [6.45, 7) is -5.69. The topological polar surface area (TPSA) is 112 Å². The molecule has 4 aromatic heterocycles. The van der Waals surface area contributed by atoms with Crippen LogP contribution in [0.2, 0.25) is 0 Å². The number of amides is 1. The van der Waals surface area contributed by atoms with Gasteiger partial charge in [0.1, 0.15) is 11.5 Å². The van der Waals surface area contributed by atoms with Crippen LogP contribution in [0.3, 0.4) is 0 Å². The summed E-state index contributed by atoms with van der Waals surface area (Å²) < 4.78 is 83.9. The standard InChI is InChI=1S/C26H25F2N7O3/c1-33-12-17(23(28)32-33)21-19(13-4-6-14(27)7-5-13)20-22-18(11-29-24(20)31-21)34(2)26(37)35(22)16-9-8-15(10-16)30-25(36)38-3/h4-7,11-12,15-16H,8-10H2,1-3H3,(H,29,31)(H,30,36)/t15-,16-/m1/s1/i1D3,2D3. The highest BCUT2D eigenvalue weighted by Crippen LogP contribution is 2.43. The molecule has 1 aromatic carbocycles. The molecular formula is C26H25F2N7O3. The maximum Gasteiger partial charge on any atom is 0.407 e. The Morgan fingerprint density at radius 1 is 1.24 bits per heavy atom. The number of benzene rings is 1. The molecule has 0 unspecified atom stereocenters. The number of aromatic amines is 1. The molecule has 0 saturated heterocycles. The minimum absolute atomic E-state index is 0.0283. The summed E-state index contributed by atoms with van der Waals surface area (Å²) in [7, 11) is 1.23. The van der Waals surface area contributed by atoms with E-state index < -0.39 is 43.5 Å². The van der Waals surface area contributed by atoms with Crippen molar-refractivity contribution in [2.45, 2.75) is 31.3 Å². The highest BCUT2D eigenvalue weighted by molar-refractivity contribution is 6.14. The molecule has 1 saturated carbocycles. The zero-order chi connectivity index (χ0) is 31.7. The summed E-state index contributed by atoms with van der Waals surface area (Å²) in [5, 5.41) is 6.46. The largest absolute Gasteiger partial charge is 0.453 e. The predicted molar refractivity (Wildman–Crippen MR) is 137 cm³/mol. The number of alkyl carbamates (subject to hydrolysis) is 1. The van der Waals surface area contributed by atoms with E-state index in [0.717, 1.165) is 6.20 Å². The number of imidazole rings is 1. The van der Waals surface area contributed by atoms with Crippen LogP contribution < -0.4 is 11.0 Å². The molecule has 1 fully saturated rings. The molecule has 196 valence electrons. The van der Waals surface area contributed by atoms with E-state index in [2.05, 4.69) is 20.4 Å². The van der Waals surface area contributed by atoms with Crippen LogP contribution in [0.25, 0.3) is 44.5 Å². The van der Waals surface area contributed by atoms with E-state index in [4.69, 9.17) is 13.0 Å². The van der Waals surface area contributed by atoms with Crippen molar-refractivity contribution in [3.63, 3.8) is 0 Å². The molecule has 10 nitrogen and oxygen atoms in total. The third-order valence-electron chi connectivity index (χ3n) is 7.00. The lowest BCUT2D eigenvalue weighted by atomic mass is 9.99. The maximum atomic E-state index is 15.3. The molecule has 0 radical (unpaired) electrons. The first-order valence-electron chi connectivity index (χ1n) is 14.7. The monoisotopic (exact) mass is 527 g/mol. The Morgan fingerprint density at radius 3 is 2.76 bits per heavy atom. The van der Waals surface area contributed by atoms with Gasteiger partial charge in [-0.3, -0.25) is 13.8 Å². The van der Waals surface area contributed by atoms with E-state index in [1.165, 1.54) is 42.1 Å². The van der Waals surface area contributed by atoms with Gasteiger partial charge in [-0.1, -0.05) is 12.1 Å². The Kier molecular flexibility index (Phi) is 4.15. The van der Waals surface area contributed by atoms with Gasteiger partial charge in [0.05, 0.1) is 41.0 Å². The van der Waals surface area contributed by atoms with Gasteiger partial charge in [-0.15, -0.1) is 5.10 Å². The minimum Gasteiger partial charge on any atom is -0.453 e. The molecule has 1 aliphatic rings. The molecule has 0 spiro atoms. The Bertz CT molecular complexity index is 1970. The third kappa shape index (κ3) is 3.66. The van der Waals surface area contributed by atoms with E-state index in [1.54, 1.807) is 0 Å². The number of fused-ring (bicyclic) bond motifs is 3. The minimum atomic E-state index is -2.90. The number of nitrogens with zero attached hydrogens (tertiary/aromatic N) is 5. The summed E-state index contributed by atoms with van der Waals surface area (Å²) in [4.78, 5) is 33.2. The fourth-order valence-corrected chi connectivity index (χ4v) is 5.36. The van der Waals surface area contributed by atoms with Crippen LogP contribution in [0.4, 0.5) is 13.6 Å². The molecule has 12 heteroatoms. The molecule has 1 amide bonds. The van der Waals surface area contributed by atoms with Crippen molar-refractivity contribution in [1.82, 2.24) is 34.2 Å². The Morgan fingerprint density at radius 2 is 2.05 bits per heavy atom. The molecule has 2 N–H and O–H groups in total. The highest BCUT2D eigenvalue weighted by atomic mass is 19.1. The zero-order valence-electron chi connectivity index (χ0n) is 26.0. The van der Waals surface area contributed by atoms with Crippen molar-refractivity contribution in [3.8, 4) is 22.4 Å². The van der Waals surface area contributed by atoms with Crippen molar-refractivity contribution in [2.75, 3.05) is 7.11 Å². The van der Waals surface area contributed by atoms with Gasteiger partial charge in [0, 0.05) is 46.0 Å². The third-order valence-corrected chi connectivity index (χ3v) is 7.00. The van der Waals surface area contributed by atoms with Gasteiger partial charge in [-0.2, -0.15) is 4.39 Å². The fourth-order valence-electron chi connectivity index (χ4n) is 5.36. The van der Waals surface area contributed by atoms with Gasteiger partial charge in [-0.05, 0) is 37.0 Å². The van der Waals surface area contributed by atoms with Gasteiger partial charge in [0.2, 0.25) is 5.95 Å². The molecule has 5 aromatic rings. The Labute approximate surface area is 223 Å². The van der Waals surface area contributed by atoms with Crippen molar-refractivity contribution in [2.24, 2.45) is 14.0 Å². The van der Waals surface area contributed by atoms with Crippen molar-refractivity contribution in [3.05, 3.63) is 58.9 Å². The van der Waals surface area contributed by atoms with E-state index >= 15 is 4.39 Å². The number of aromatic nitrogens is 6. The van der Waals surface area contributed by atoms with Crippen LogP contribution in [0.1, 0.15) is 33.5 Å². The number of hydrogen-bond donors (Lipinski definition) is 2. The first-order valence-corrected chi connectivity index (χ1v) is 11.7. The lowest BCUT2D eigenvalue weighted by Crippen LogP contribution is -2.33. The van der Waals surface area contributed by atoms with Gasteiger partial charge in [-0.25, -0.2) is 19.0 Å². The number of carbonyl (C=O) groups excluding carboxylic acids is 1. The molecule has 0 aliphatic heterocycles. The second kappa shape index (κ2) is 8.82. The van der Waals surface area contributed by atoms with Crippen LogP contribution >= 0.6 is 0 Å². The van der Waals surface area contributed by atoms with Crippen molar-refractivity contribution < 1.29 is 26.5 Å². The second-order valence-corrected chi connectivity index (χ2v) is 9.16. The second-order valence-electron chi connectivity index (χ2n) is 9.16. The number of aryl methyl sites for hydroxylation is 2. The normalized spacial score (nSPS) is 20.5. The number of ether oxygens (including phenoxy) is 1. The summed E-state index contributed by atoms with van der Waals surface area (Å²) in [6, 6.07) is 4.27. The zero-order valence-corrected chi connectivity index (χ0v) is 20.0. The number of rotatable bonds is 4. The van der Waals surface area contributed by atoms with E-state index in [-0.39, 0.29) is 51.4 Å². The van der Waals surface area contributed by atoms with Gasteiger partial charge in [0.25, 0.3) is 0 Å². The molecule has 0 bridgehead atoms. The van der Waals surface area contributed by atoms with Crippen LogP contribution in [-0.2, 0) is 18.7 Å². The van der Waals surface area contributed by atoms with Gasteiger partial charge in [0.15, 0.2) is 0 Å². The van der Waals surface area contributed by atoms with Crippen LogP contribution in [0, 0.1) is 11.8 Å². The molecule has 6 rings (SSSR count). The van der Waals surface area contributed by atoms with Crippen LogP contribution in [-0.4, -0.2) is 48.1 Å². The maximum absolute atomic E-state index is 15.3. The highest BCUT2D eigenvalue weighted by Gasteiger charge is 2.32. The SMILES string of the molecule is [2H]C([2H])([2H])n1cc(-c2[nH]c3ncc4c(c3c2-c2ccc(F)cc2)n([C@@H]2CC[C@@H](NC(=O)OC)C2)c(=O)n4C([2H])([2H])[2H])c(F)n1. The molecular weight excluding hydrogens is 496 g/mol. The quantitative estimate of drug-likeness (QED) is 0.367. The van der Waals surface area contributed by atoms with Crippen LogP contribution in [0.15, 0.2) is 41.5 Å². The summed E-state index contributed by atoms with van der Waals surface area (Å²) in [5.41, 5.74) is -0.194. The molecule has 2 atom stereocenters. The predicted octanol–water partition coefficient (Wildman–Crippen LogP) is 4.01. The summed E-state index contributed by atoms with van der Waals surface area (Å²) in [5.74, 6) is -1.67. The lowest BCUT2D eigenvalue weighted by molar-refractivity contribution is 0.166. The van der Waals surface area contributed by atoms with Gasteiger partial charge < -0.3 is 15.0 Å². The average Bonchev–Trinajstić information content (AvgIpc) is 3.70. The smallest absolute Gasteiger partial charge is 0.407 e. The number of hydrogen-bond acceptors (Lipinski definition) is 5. The summed E-state index contributed by atoms with van der Waals surface area (Å²) >= 11 is 0. The molecule has 38 heavy (non-hydrogen) atoms. The van der Waals surface area contributed by atoms with Crippen molar-refractivity contribution >= 4 is 28.2 Å². The Balaban J connectivity index is 1.70. The molecule has 4 heterocycles. The number of halogens is 2. The Hall–Kier alpha value is -4.48. The number of H-pyrrole nitrogens is 1. The number of methoxy groups -OCH3 is 1. The first-order chi connectivity index (χ1) is 20.7. The van der Waals surface area contributed by atoms with Crippen LogP contribution in [0.5, 0.6) is 0 Å². The summed E-state index contributed by atoms with van der Waals surface area (Å²) in [6.07, 6.45) is 2.73. The van der Waals surface area contributed by atoms with Crippen molar-refractivity contribution in [1.29, 1.82) is 0 Å². The average molecular weight is 528 g/mol. The first kappa shape index (κ1) is 17.9. The molecule has 1 aliphatic carbocycles. The number of nitrogens with one attached hydrogen (secondary N) is 2. The van der Waals surface area contributed by atoms with Gasteiger partial charge >= 0.3 is 11.8 Å². The number of pyridine rings is 1.